The monoisotopic (exact) mass is 254 g/mol. The predicted octanol–water partition coefficient (Wildman–Crippen LogP) is 1.65. The summed E-state index contributed by atoms with van der Waals surface area (Å²) in [5.74, 6) is 0.483. The van der Waals surface area contributed by atoms with Crippen molar-refractivity contribution >= 4 is 15.7 Å². The number of hydrogen-bond acceptors (Lipinski definition) is 3. The van der Waals surface area contributed by atoms with Gasteiger partial charge in [0, 0.05) is 6.04 Å². The molecule has 1 aliphatic rings. The number of nitrogen functional groups attached to an aromatic ring is 1. The third-order valence-corrected chi connectivity index (χ3v) is 4.76. The molecular weight excluding hydrogens is 236 g/mol. The Balaban J connectivity index is 2.24. The maximum atomic E-state index is 12.1. The van der Waals surface area contributed by atoms with Crippen LogP contribution in [0.4, 0.5) is 5.69 Å². The number of sulfonamides is 1. The molecule has 0 bridgehead atoms. The number of rotatable bonds is 4. The van der Waals surface area contributed by atoms with Gasteiger partial charge >= 0.3 is 0 Å². The summed E-state index contributed by atoms with van der Waals surface area (Å²) >= 11 is 0. The summed E-state index contributed by atoms with van der Waals surface area (Å²) < 4.78 is 26.9. The van der Waals surface area contributed by atoms with Gasteiger partial charge in [-0.2, -0.15) is 0 Å². The molecule has 4 nitrogen and oxygen atoms in total. The van der Waals surface area contributed by atoms with Crippen molar-refractivity contribution in [2.75, 3.05) is 5.73 Å². The summed E-state index contributed by atoms with van der Waals surface area (Å²) in [6.07, 6.45) is 2.21. The maximum Gasteiger partial charge on any atom is 0.242 e. The molecule has 0 aromatic heterocycles. The lowest BCUT2D eigenvalue weighted by molar-refractivity contribution is 0.538. The molecule has 5 heteroatoms. The van der Waals surface area contributed by atoms with Gasteiger partial charge in [0.05, 0.1) is 5.69 Å². The Kier molecular flexibility index (Phi) is 3.14. The van der Waals surface area contributed by atoms with Crippen LogP contribution in [-0.4, -0.2) is 14.5 Å². The lowest BCUT2D eigenvalue weighted by atomic mass is 10.2. The Hall–Kier alpha value is -1.07. The van der Waals surface area contributed by atoms with E-state index in [1.165, 1.54) is 0 Å². The van der Waals surface area contributed by atoms with E-state index in [2.05, 4.69) is 4.72 Å². The average Bonchev–Trinajstić information content (AvgIpc) is 2.98. The van der Waals surface area contributed by atoms with Crippen molar-refractivity contribution < 1.29 is 8.42 Å². The highest BCUT2D eigenvalue weighted by molar-refractivity contribution is 7.89. The zero-order valence-electron chi connectivity index (χ0n) is 10.1. The van der Waals surface area contributed by atoms with Gasteiger partial charge in [-0.25, -0.2) is 13.1 Å². The summed E-state index contributed by atoms with van der Waals surface area (Å²) in [4.78, 5) is 0.176. The van der Waals surface area contributed by atoms with Gasteiger partial charge in [-0.05, 0) is 50.3 Å². The first-order valence-corrected chi connectivity index (χ1v) is 7.27. The fourth-order valence-corrected chi connectivity index (χ4v) is 3.34. The van der Waals surface area contributed by atoms with Crippen molar-refractivity contribution in [1.82, 2.24) is 4.72 Å². The molecule has 2 rings (SSSR count). The average molecular weight is 254 g/mol. The largest absolute Gasteiger partial charge is 0.398 e. The molecule has 0 saturated heterocycles. The molecule has 0 radical (unpaired) electrons. The molecular formula is C12H18N2O2S. The quantitative estimate of drug-likeness (QED) is 0.803. The minimum Gasteiger partial charge on any atom is -0.398 e. The van der Waals surface area contributed by atoms with Gasteiger partial charge in [0.15, 0.2) is 0 Å². The Labute approximate surface area is 102 Å². The van der Waals surface area contributed by atoms with E-state index in [1.54, 1.807) is 18.2 Å². The smallest absolute Gasteiger partial charge is 0.242 e. The van der Waals surface area contributed by atoms with E-state index in [4.69, 9.17) is 5.73 Å². The first-order valence-electron chi connectivity index (χ1n) is 5.78. The van der Waals surface area contributed by atoms with E-state index in [1.807, 2.05) is 13.8 Å². The molecule has 1 aromatic rings. The fourth-order valence-electron chi connectivity index (χ4n) is 1.91. The number of hydrogen-bond donors (Lipinski definition) is 2. The van der Waals surface area contributed by atoms with Crippen molar-refractivity contribution in [2.45, 2.75) is 37.6 Å². The zero-order valence-corrected chi connectivity index (χ0v) is 10.9. The second-order valence-corrected chi connectivity index (χ2v) is 6.47. The van der Waals surface area contributed by atoms with Gasteiger partial charge in [0.25, 0.3) is 0 Å². The van der Waals surface area contributed by atoms with Crippen molar-refractivity contribution in [2.24, 2.45) is 5.92 Å². The van der Waals surface area contributed by atoms with Crippen LogP contribution in [0.5, 0.6) is 0 Å². The third-order valence-electron chi connectivity index (χ3n) is 3.12. The number of benzene rings is 1. The van der Waals surface area contributed by atoms with Gasteiger partial charge in [-0.1, -0.05) is 6.07 Å². The highest BCUT2D eigenvalue weighted by Crippen LogP contribution is 2.33. The summed E-state index contributed by atoms with van der Waals surface area (Å²) in [6, 6.07) is 4.98. The van der Waals surface area contributed by atoms with Gasteiger partial charge in [-0.3, -0.25) is 0 Å². The summed E-state index contributed by atoms with van der Waals surface area (Å²) in [5.41, 5.74) is 7.02. The SMILES string of the molecule is Cc1ccc(S(=O)(=O)NC(C)C2CC2)c(N)c1. The van der Waals surface area contributed by atoms with Gasteiger partial charge in [0.1, 0.15) is 4.90 Å². The lowest BCUT2D eigenvalue weighted by Crippen LogP contribution is -2.34. The van der Waals surface area contributed by atoms with Crippen LogP contribution in [0.1, 0.15) is 25.3 Å². The van der Waals surface area contributed by atoms with E-state index in [0.29, 0.717) is 11.6 Å². The molecule has 94 valence electrons. The van der Waals surface area contributed by atoms with Crippen molar-refractivity contribution in [3.63, 3.8) is 0 Å². The molecule has 1 atom stereocenters. The van der Waals surface area contributed by atoms with Crippen molar-refractivity contribution in [3.05, 3.63) is 23.8 Å². The first kappa shape index (κ1) is 12.4. The molecule has 1 unspecified atom stereocenters. The van der Waals surface area contributed by atoms with Crippen LogP contribution in [0.2, 0.25) is 0 Å². The highest BCUT2D eigenvalue weighted by atomic mass is 32.2. The molecule has 0 amide bonds. The van der Waals surface area contributed by atoms with Crippen LogP contribution in [0.3, 0.4) is 0 Å². The second kappa shape index (κ2) is 4.31. The molecule has 17 heavy (non-hydrogen) atoms. The van der Waals surface area contributed by atoms with Crippen LogP contribution in [0.15, 0.2) is 23.1 Å². The molecule has 0 heterocycles. The topological polar surface area (TPSA) is 72.2 Å². The second-order valence-electron chi connectivity index (χ2n) is 4.79. The molecule has 0 aliphatic heterocycles. The number of nitrogens with one attached hydrogen (secondary N) is 1. The molecule has 1 fully saturated rings. The standard InChI is InChI=1S/C12H18N2O2S/c1-8-3-6-12(11(13)7-8)17(15,16)14-9(2)10-4-5-10/h3,6-7,9-10,14H,4-5,13H2,1-2H3. The van der Waals surface area contributed by atoms with Crippen molar-refractivity contribution in [3.8, 4) is 0 Å². The molecule has 1 aromatic carbocycles. The van der Waals surface area contributed by atoms with E-state index in [9.17, 15) is 8.42 Å². The summed E-state index contributed by atoms with van der Waals surface area (Å²) in [5, 5.41) is 0. The van der Waals surface area contributed by atoms with Crippen LogP contribution in [0.25, 0.3) is 0 Å². The fraction of sp³-hybridized carbons (Fsp3) is 0.500. The Morgan fingerprint density at radius 3 is 2.59 bits per heavy atom. The normalized spacial score (nSPS) is 18.0. The van der Waals surface area contributed by atoms with Crippen LogP contribution >= 0.6 is 0 Å². The molecule has 0 spiro atoms. The summed E-state index contributed by atoms with van der Waals surface area (Å²) in [6.45, 7) is 3.78. The van der Waals surface area contributed by atoms with Gasteiger partial charge < -0.3 is 5.73 Å². The van der Waals surface area contributed by atoms with E-state index >= 15 is 0 Å². The van der Waals surface area contributed by atoms with Crippen LogP contribution < -0.4 is 10.5 Å². The minimum absolute atomic E-state index is 0.0132. The first-order chi connectivity index (χ1) is 7.90. The highest BCUT2D eigenvalue weighted by Gasteiger charge is 2.31. The Morgan fingerprint density at radius 1 is 1.41 bits per heavy atom. The Bertz CT molecular complexity index is 521. The van der Waals surface area contributed by atoms with E-state index < -0.39 is 10.0 Å². The van der Waals surface area contributed by atoms with Gasteiger partial charge in [0.2, 0.25) is 10.0 Å². The molecule has 3 N–H and O–H groups in total. The Morgan fingerprint density at radius 2 is 2.06 bits per heavy atom. The zero-order chi connectivity index (χ0) is 12.6. The predicted molar refractivity (Wildman–Crippen MR) is 68.1 cm³/mol. The third kappa shape index (κ3) is 2.79. The minimum atomic E-state index is -3.49. The van der Waals surface area contributed by atoms with Crippen molar-refractivity contribution in [1.29, 1.82) is 0 Å². The molecule has 1 saturated carbocycles. The number of anilines is 1. The van der Waals surface area contributed by atoms with Crippen LogP contribution in [0, 0.1) is 12.8 Å². The lowest BCUT2D eigenvalue weighted by Gasteiger charge is -2.14. The van der Waals surface area contributed by atoms with E-state index in [-0.39, 0.29) is 10.9 Å². The maximum absolute atomic E-state index is 12.1. The van der Waals surface area contributed by atoms with E-state index in [0.717, 1.165) is 18.4 Å². The number of aryl methyl sites for hydroxylation is 1. The molecule has 1 aliphatic carbocycles. The number of nitrogens with two attached hydrogens (primary N) is 1. The van der Waals surface area contributed by atoms with Crippen LogP contribution in [-0.2, 0) is 10.0 Å². The van der Waals surface area contributed by atoms with Gasteiger partial charge in [-0.15, -0.1) is 0 Å². The summed E-state index contributed by atoms with van der Waals surface area (Å²) in [7, 11) is -3.49.